The first-order chi connectivity index (χ1) is 19.9. The maximum atomic E-state index is 11.9. The quantitative estimate of drug-likeness (QED) is 0.101. The van der Waals surface area contributed by atoms with Gasteiger partial charge in [0.1, 0.15) is 37.9 Å². The van der Waals surface area contributed by atoms with E-state index in [1.54, 1.807) is 0 Å². The summed E-state index contributed by atoms with van der Waals surface area (Å²) in [6, 6.07) is 13.8. The van der Waals surface area contributed by atoms with E-state index < -0.39 is 11.9 Å². The number of benzene rings is 2. The van der Waals surface area contributed by atoms with Crippen LogP contribution in [0.15, 0.2) is 66.8 Å². The van der Waals surface area contributed by atoms with Crippen LogP contribution in [-0.4, -0.2) is 65.8 Å². The van der Waals surface area contributed by atoms with E-state index in [0.717, 1.165) is 24.0 Å². The van der Waals surface area contributed by atoms with Crippen molar-refractivity contribution in [2.75, 3.05) is 53.9 Å². The Kier molecular flexibility index (Phi) is 15.9. The van der Waals surface area contributed by atoms with Crippen molar-refractivity contribution in [2.45, 2.75) is 45.4 Å². The van der Waals surface area contributed by atoms with Crippen LogP contribution in [-0.2, 0) is 35.0 Å². The second kappa shape index (κ2) is 19.5. The van der Waals surface area contributed by atoms with Gasteiger partial charge in [-0.3, -0.25) is 0 Å². The van der Waals surface area contributed by atoms with Gasteiger partial charge in [-0.15, -0.1) is 0 Å². The van der Waals surface area contributed by atoms with Gasteiger partial charge in [-0.1, -0.05) is 64.0 Å². The summed E-state index contributed by atoms with van der Waals surface area (Å²) in [5.41, 5.74) is 3.78. The lowest BCUT2D eigenvalue weighted by atomic mass is 9.95. The van der Waals surface area contributed by atoms with Crippen molar-refractivity contribution in [3.8, 4) is 22.6 Å². The highest BCUT2D eigenvalue weighted by molar-refractivity contribution is 5.88. The number of ether oxygens (including phenoxy) is 6. The molecule has 8 heteroatoms. The molecule has 41 heavy (non-hydrogen) atoms. The fourth-order valence-electron chi connectivity index (χ4n) is 4.06. The molecule has 0 aliphatic heterocycles. The zero-order chi connectivity index (χ0) is 29.9. The molecule has 0 radical (unpaired) electrons. The summed E-state index contributed by atoms with van der Waals surface area (Å²) in [5.74, 6) is 0.342. The van der Waals surface area contributed by atoms with Gasteiger partial charge in [-0.05, 0) is 53.8 Å². The van der Waals surface area contributed by atoms with Gasteiger partial charge in [0.2, 0.25) is 0 Å². The van der Waals surface area contributed by atoms with Gasteiger partial charge in [0.15, 0.2) is 0 Å². The van der Waals surface area contributed by atoms with Gasteiger partial charge in [0, 0.05) is 14.2 Å². The third-order valence-corrected chi connectivity index (χ3v) is 6.16. The fourth-order valence-corrected chi connectivity index (χ4v) is 4.06. The topological polar surface area (TPSA) is 89.5 Å². The van der Waals surface area contributed by atoms with E-state index in [0.29, 0.717) is 11.5 Å². The van der Waals surface area contributed by atoms with Gasteiger partial charge in [0.25, 0.3) is 0 Å². The summed E-state index contributed by atoms with van der Waals surface area (Å²) < 4.78 is 32.0. The van der Waals surface area contributed by atoms with Gasteiger partial charge in [-0.25, -0.2) is 9.59 Å². The van der Waals surface area contributed by atoms with E-state index in [9.17, 15) is 9.59 Å². The zero-order valence-electron chi connectivity index (χ0n) is 24.7. The number of hydrogen-bond acceptors (Lipinski definition) is 8. The molecular formula is C33H44O8. The molecule has 0 atom stereocenters. The summed E-state index contributed by atoms with van der Waals surface area (Å²) in [7, 11) is 2.99. The Morgan fingerprint density at radius 2 is 1.29 bits per heavy atom. The van der Waals surface area contributed by atoms with Crippen LogP contribution in [0.3, 0.4) is 0 Å². The molecule has 0 heterocycles. The largest absolute Gasteiger partial charge is 0.490 e. The summed E-state index contributed by atoms with van der Waals surface area (Å²) in [4.78, 5) is 23.8. The molecule has 0 aliphatic carbocycles. The highest BCUT2D eigenvalue weighted by atomic mass is 16.6. The number of carbonyl (C=O) groups excluding carboxylic acids is 2. The van der Waals surface area contributed by atoms with Crippen LogP contribution in [0.25, 0.3) is 11.1 Å². The first-order valence-electron chi connectivity index (χ1n) is 14.1. The first kappa shape index (κ1) is 33.6. The normalized spacial score (nSPS) is 10.6. The van der Waals surface area contributed by atoms with Crippen LogP contribution < -0.4 is 9.47 Å². The first-order valence-corrected chi connectivity index (χ1v) is 14.1. The van der Waals surface area contributed by atoms with Gasteiger partial charge >= 0.3 is 11.9 Å². The highest BCUT2D eigenvalue weighted by Gasteiger charge is 2.12. The predicted molar refractivity (Wildman–Crippen MR) is 159 cm³/mol. The van der Waals surface area contributed by atoms with E-state index >= 15 is 0 Å². The Bertz CT molecular complexity index is 1120. The monoisotopic (exact) mass is 568 g/mol. The van der Waals surface area contributed by atoms with Crippen LogP contribution in [0.2, 0.25) is 0 Å². The molecule has 0 spiro atoms. The van der Waals surface area contributed by atoms with Gasteiger partial charge < -0.3 is 28.4 Å². The number of hydrogen-bond donors (Lipinski definition) is 0. The van der Waals surface area contributed by atoms with Crippen LogP contribution >= 0.6 is 0 Å². The van der Waals surface area contributed by atoms with Gasteiger partial charge in [0.05, 0.1) is 24.4 Å². The second-order valence-corrected chi connectivity index (χ2v) is 9.55. The third-order valence-electron chi connectivity index (χ3n) is 6.16. The maximum absolute atomic E-state index is 11.9. The molecule has 0 aliphatic rings. The smallest absolute Gasteiger partial charge is 0.335 e. The Morgan fingerprint density at radius 1 is 0.707 bits per heavy atom. The van der Waals surface area contributed by atoms with Crippen molar-refractivity contribution < 1.29 is 38.0 Å². The van der Waals surface area contributed by atoms with E-state index in [2.05, 4.69) is 26.1 Å². The van der Waals surface area contributed by atoms with Crippen molar-refractivity contribution in [1.29, 1.82) is 0 Å². The molecule has 2 aromatic carbocycles. The van der Waals surface area contributed by atoms with Crippen molar-refractivity contribution >= 4 is 11.9 Å². The molecule has 0 fully saturated rings. The molecule has 0 bridgehead atoms. The summed E-state index contributed by atoms with van der Waals surface area (Å²) in [5, 5.41) is 0. The predicted octanol–water partition coefficient (Wildman–Crippen LogP) is 6.12. The van der Waals surface area contributed by atoms with Crippen molar-refractivity contribution in [3.05, 3.63) is 72.3 Å². The minimum atomic E-state index is -0.501. The van der Waals surface area contributed by atoms with E-state index in [1.807, 2.05) is 36.4 Å². The second-order valence-electron chi connectivity index (χ2n) is 9.55. The number of aryl methyl sites for hydroxylation is 1. The molecule has 0 amide bonds. The maximum Gasteiger partial charge on any atom is 0.335 e. The van der Waals surface area contributed by atoms with Crippen molar-refractivity contribution in [3.63, 3.8) is 0 Å². The molecule has 8 nitrogen and oxygen atoms in total. The van der Waals surface area contributed by atoms with Crippen LogP contribution in [0, 0.1) is 0 Å². The molecule has 224 valence electrons. The number of carbonyl (C=O) groups is 2. The third kappa shape index (κ3) is 12.6. The molecule has 0 saturated heterocycles. The molecule has 0 unspecified atom stereocenters. The lowest BCUT2D eigenvalue weighted by molar-refractivity contribution is -0.141. The van der Waals surface area contributed by atoms with Crippen LogP contribution in [0.5, 0.6) is 11.5 Å². The highest BCUT2D eigenvalue weighted by Crippen LogP contribution is 2.31. The Balaban J connectivity index is 2.06. The zero-order valence-corrected chi connectivity index (χ0v) is 24.7. The lowest BCUT2D eigenvalue weighted by Gasteiger charge is -2.15. The standard InChI is InChI=1S/C33H44O8/c1-6-7-8-9-10-12-27-15-16-30(39-18-20-41-33(35)26(3)24-37-5)22-31(27)28-13-11-14-29(21-28)38-17-19-40-32(34)25(2)23-36-4/h11,13-16,21-22H,2-3,6-10,12,17-20,23-24H2,1,4-5H3. The lowest BCUT2D eigenvalue weighted by Crippen LogP contribution is -2.15. The number of methoxy groups -OCH3 is 2. The Hall–Kier alpha value is -3.62. The minimum absolute atomic E-state index is 0.0987. The minimum Gasteiger partial charge on any atom is -0.490 e. The number of unbranched alkanes of at least 4 members (excludes halogenated alkanes) is 4. The SMILES string of the molecule is C=C(COC)C(=O)OCCOc1cccc(-c2cc(OCCOC(=O)C(=C)COC)ccc2CCCCCCC)c1. The molecular weight excluding hydrogens is 524 g/mol. The van der Waals surface area contributed by atoms with Crippen molar-refractivity contribution in [1.82, 2.24) is 0 Å². The van der Waals surface area contributed by atoms with Crippen LogP contribution in [0.1, 0.15) is 44.6 Å². The number of rotatable bonds is 21. The van der Waals surface area contributed by atoms with Crippen LogP contribution in [0.4, 0.5) is 0 Å². The van der Waals surface area contributed by atoms with E-state index in [1.165, 1.54) is 45.5 Å². The Labute approximate surface area is 244 Å². The Morgan fingerprint density at radius 3 is 1.88 bits per heavy atom. The fraction of sp³-hybridized carbons (Fsp3) is 0.455. The molecule has 0 aromatic heterocycles. The van der Waals surface area contributed by atoms with Crippen molar-refractivity contribution in [2.24, 2.45) is 0 Å². The van der Waals surface area contributed by atoms with E-state index in [4.69, 9.17) is 28.4 Å². The average molecular weight is 569 g/mol. The van der Waals surface area contributed by atoms with Gasteiger partial charge in [-0.2, -0.15) is 0 Å². The molecule has 2 aromatic rings. The van der Waals surface area contributed by atoms with E-state index in [-0.39, 0.29) is 50.8 Å². The molecule has 0 N–H and O–H groups in total. The molecule has 2 rings (SSSR count). The molecule has 0 saturated carbocycles. The average Bonchev–Trinajstić information content (AvgIpc) is 2.98. The number of esters is 2. The summed E-state index contributed by atoms with van der Waals surface area (Å²) in [6.45, 7) is 10.4. The summed E-state index contributed by atoms with van der Waals surface area (Å²) in [6.07, 6.45) is 6.92. The summed E-state index contributed by atoms with van der Waals surface area (Å²) >= 11 is 0.